The van der Waals surface area contributed by atoms with Crippen LogP contribution in [0.15, 0.2) is 48.5 Å². The number of ether oxygens (including phenoxy) is 2. The van der Waals surface area contributed by atoms with E-state index in [1.165, 1.54) is 13.0 Å². The third-order valence-corrected chi connectivity index (χ3v) is 6.85. The summed E-state index contributed by atoms with van der Waals surface area (Å²) in [6.07, 6.45) is 0.238. The Labute approximate surface area is 163 Å². The summed E-state index contributed by atoms with van der Waals surface area (Å²) in [4.78, 5) is 37.0. The summed E-state index contributed by atoms with van der Waals surface area (Å²) in [5.74, 6) is -0.741. The van der Waals surface area contributed by atoms with E-state index in [0.717, 1.165) is 10.0 Å². The molecule has 1 unspecified atom stereocenters. The molecule has 1 aliphatic rings. The molecule has 0 saturated carbocycles. The molecular formula is C20H19NO5Se. The second kappa shape index (κ2) is 7.94. The number of amides is 1. The number of rotatable bonds is 5. The zero-order chi connectivity index (χ0) is 19.4. The normalized spacial score (nSPS) is 18.2. The molecule has 0 bridgehead atoms. The summed E-state index contributed by atoms with van der Waals surface area (Å²) >= 11 is -0.461. The van der Waals surface area contributed by atoms with Crippen molar-refractivity contribution in [1.82, 2.24) is 5.32 Å². The first kappa shape index (κ1) is 19.1. The van der Waals surface area contributed by atoms with Crippen LogP contribution in [0.1, 0.15) is 19.4 Å². The standard InChI is InChI=1S/C20H19NO5Se/c1-3-21-18(23)20(27-16-7-5-4-6-8-16)12-14-9-10-15(25-13(2)22)11-17(14)26-19(20)24/h4-11H,3,12H2,1-2H3,(H,21,23). The van der Waals surface area contributed by atoms with Crippen LogP contribution < -0.4 is 19.3 Å². The van der Waals surface area contributed by atoms with Gasteiger partial charge in [0.05, 0.1) is 0 Å². The van der Waals surface area contributed by atoms with Gasteiger partial charge in [-0.3, -0.25) is 0 Å². The molecule has 3 rings (SSSR count). The zero-order valence-electron chi connectivity index (χ0n) is 15.0. The van der Waals surface area contributed by atoms with Gasteiger partial charge in [-0.25, -0.2) is 0 Å². The third-order valence-electron chi connectivity index (χ3n) is 4.01. The summed E-state index contributed by atoms with van der Waals surface area (Å²) in [5, 5.41) is 2.78. The third kappa shape index (κ3) is 4.04. The monoisotopic (exact) mass is 433 g/mol. The van der Waals surface area contributed by atoms with Crippen molar-refractivity contribution in [1.29, 1.82) is 0 Å². The number of carbonyl (C=O) groups is 3. The predicted molar refractivity (Wildman–Crippen MR) is 100 cm³/mol. The first-order valence-electron chi connectivity index (χ1n) is 8.50. The summed E-state index contributed by atoms with van der Waals surface area (Å²) in [6, 6.07) is 14.4. The maximum absolute atomic E-state index is 13.0. The van der Waals surface area contributed by atoms with E-state index >= 15 is 0 Å². The molecule has 6 nitrogen and oxygen atoms in total. The average molecular weight is 432 g/mol. The Morgan fingerprint density at radius 3 is 2.63 bits per heavy atom. The SMILES string of the molecule is CCNC(=O)C1([Se]c2ccccc2)Cc2ccc(OC(C)=O)cc2OC1=O. The van der Waals surface area contributed by atoms with Crippen molar-refractivity contribution in [3.05, 3.63) is 54.1 Å². The molecule has 0 radical (unpaired) electrons. The van der Waals surface area contributed by atoms with E-state index < -0.39 is 31.2 Å². The second-order valence-corrected chi connectivity index (χ2v) is 8.91. The minimum atomic E-state index is -1.28. The number of esters is 2. The first-order valence-corrected chi connectivity index (χ1v) is 10.2. The molecule has 0 aliphatic carbocycles. The average Bonchev–Trinajstić information content (AvgIpc) is 2.63. The van der Waals surface area contributed by atoms with E-state index in [2.05, 4.69) is 5.32 Å². The number of fused-ring (bicyclic) bond motifs is 1. The number of hydrogen-bond acceptors (Lipinski definition) is 5. The summed E-state index contributed by atoms with van der Waals surface area (Å²) in [6.45, 7) is 3.54. The van der Waals surface area contributed by atoms with Gasteiger partial charge in [-0.1, -0.05) is 0 Å². The van der Waals surface area contributed by atoms with Crippen molar-refractivity contribution in [3.8, 4) is 11.5 Å². The van der Waals surface area contributed by atoms with Gasteiger partial charge in [0.15, 0.2) is 0 Å². The van der Waals surface area contributed by atoms with Gasteiger partial charge in [0.25, 0.3) is 0 Å². The van der Waals surface area contributed by atoms with Crippen LogP contribution >= 0.6 is 0 Å². The van der Waals surface area contributed by atoms with Gasteiger partial charge in [0, 0.05) is 0 Å². The van der Waals surface area contributed by atoms with E-state index in [1.807, 2.05) is 37.3 Å². The molecule has 1 atom stereocenters. The Kier molecular flexibility index (Phi) is 5.63. The minimum absolute atomic E-state index is 0.238. The van der Waals surface area contributed by atoms with Crippen LogP contribution in [0.4, 0.5) is 0 Å². The molecule has 1 heterocycles. The van der Waals surface area contributed by atoms with Crippen molar-refractivity contribution in [3.63, 3.8) is 0 Å². The molecule has 1 amide bonds. The predicted octanol–water partition coefficient (Wildman–Crippen LogP) is 1.40. The van der Waals surface area contributed by atoms with Crippen LogP contribution in [0.3, 0.4) is 0 Å². The molecule has 0 spiro atoms. The fourth-order valence-electron chi connectivity index (χ4n) is 2.82. The second-order valence-electron chi connectivity index (χ2n) is 6.03. The van der Waals surface area contributed by atoms with Crippen LogP contribution in [0.25, 0.3) is 0 Å². The van der Waals surface area contributed by atoms with Gasteiger partial charge in [0.2, 0.25) is 0 Å². The van der Waals surface area contributed by atoms with Crippen molar-refractivity contribution in [2.45, 2.75) is 24.6 Å². The van der Waals surface area contributed by atoms with E-state index in [-0.39, 0.29) is 12.3 Å². The number of carbonyl (C=O) groups excluding carboxylic acids is 3. The van der Waals surface area contributed by atoms with Gasteiger partial charge in [-0.05, 0) is 0 Å². The number of nitrogens with one attached hydrogen (secondary N) is 1. The van der Waals surface area contributed by atoms with Crippen LogP contribution in [0, 0.1) is 0 Å². The number of benzene rings is 2. The Bertz CT molecular complexity index is 883. The van der Waals surface area contributed by atoms with E-state index in [4.69, 9.17) is 9.47 Å². The fourth-order valence-corrected chi connectivity index (χ4v) is 5.36. The van der Waals surface area contributed by atoms with Gasteiger partial charge in [-0.15, -0.1) is 0 Å². The van der Waals surface area contributed by atoms with Gasteiger partial charge in [-0.2, -0.15) is 0 Å². The van der Waals surface area contributed by atoms with Crippen molar-refractivity contribution in [2.75, 3.05) is 6.54 Å². The quantitative estimate of drug-likeness (QED) is 0.334. The molecule has 140 valence electrons. The van der Waals surface area contributed by atoms with Gasteiger partial charge >= 0.3 is 163 Å². The molecule has 1 N–H and O–H groups in total. The van der Waals surface area contributed by atoms with E-state index in [1.54, 1.807) is 12.1 Å². The molecule has 2 aromatic rings. The van der Waals surface area contributed by atoms with Crippen molar-refractivity contribution >= 4 is 37.3 Å². The molecule has 7 heteroatoms. The van der Waals surface area contributed by atoms with Crippen molar-refractivity contribution in [2.24, 2.45) is 0 Å². The zero-order valence-corrected chi connectivity index (χ0v) is 16.7. The Morgan fingerprint density at radius 2 is 1.96 bits per heavy atom. The topological polar surface area (TPSA) is 81.7 Å². The maximum atomic E-state index is 13.0. The van der Waals surface area contributed by atoms with Crippen LogP contribution in [0.2, 0.25) is 4.31 Å². The summed E-state index contributed by atoms with van der Waals surface area (Å²) in [7, 11) is 0. The van der Waals surface area contributed by atoms with Gasteiger partial charge in [0.1, 0.15) is 0 Å². The van der Waals surface area contributed by atoms with Gasteiger partial charge < -0.3 is 0 Å². The van der Waals surface area contributed by atoms with Crippen LogP contribution in [-0.2, 0) is 20.8 Å². The molecule has 0 fully saturated rings. The van der Waals surface area contributed by atoms with Crippen LogP contribution in [-0.4, -0.2) is 39.3 Å². The van der Waals surface area contributed by atoms with E-state index in [0.29, 0.717) is 18.0 Å². The molecular weight excluding hydrogens is 413 g/mol. The molecule has 1 aliphatic heterocycles. The Balaban J connectivity index is 1.98. The Hall–Kier alpha value is -2.63. The molecule has 2 aromatic carbocycles. The molecule has 0 aromatic heterocycles. The molecule has 0 saturated heterocycles. The van der Waals surface area contributed by atoms with Crippen molar-refractivity contribution < 1.29 is 23.9 Å². The summed E-state index contributed by atoms with van der Waals surface area (Å²) in [5.41, 5.74) is 0.731. The first-order chi connectivity index (χ1) is 12.9. The summed E-state index contributed by atoms with van der Waals surface area (Å²) < 4.78 is 10.2. The fraction of sp³-hybridized carbons (Fsp3) is 0.250. The van der Waals surface area contributed by atoms with Crippen LogP contribution in [0.5, 0.6) is 11.5 Å². The number of hydrogen-bond donors (Lipinski definition) is 1. The molecule has 27 heavy (non-hydrogen) atoms. The Morgan fingerprint density at radius 1 is 1.22 bits per heavy atom. The van der Waals surface area contributed by atoms with E-state index in [9.17, 15) is 14.4 Å².